The first-order valence-corrected chi connectivity index (χ1v) is 6.32. The fourth-order valence-electron chi connectivity index (χ4n) is 2.05. The molecular formula is C14H17F3N2. The van der Waals surface area contributed by atoms with Crippen molar-refractivity contribution in [3.8, 4) is 0 Å². The maximum atomic E-state index is 12.5. The number of alkyl halides is 3. The van der Waals surface area contributed by atoms with Gasteiger partial charge in [0.15, 0.2) is 0 Å². The lowest BCUT2D eigenvalue weighted by atomic mass is 10.1. The van der Waals surface area contributed by atoms with E-state index >= 15 is 0 Å². The number of rotatable bonds is 3. The Kier molecular flexibility index (Phi) is 4.61. The lowest BCUT2D eigenvalue weighted by Gasteiger charge is -2.25. The van der Waals surface area contributed by atoms with Crippen molar-refractivity contribution in [2.24, 2.45) is 0 Å². The summed E-state index contributed by atoms with van der Waals surface area (Å²) in [5.74, 6) is 0. The van der Waals surface area contributed by atoms with Gasteiger partial charge >= 0.3 is 6.18 Å². The molecule has 1 aromatic rings. The molecule has 0 aliphatic carbocycles. The second kappa shape index (κ2) is 6.21. The quantitative estimate of drug-likeness (QED) is 0.908. The molecule has 1 N–H and O–H groups in total. The molecular weight excluding hydrogens is 253 g/mol. The lowest BCUT2D eigenvalue weighted by molar-refractivity contribution is -0.137. The van der Waals surface area contributed by atoms with Crippen molar-refractivity contribution in [3.63, 3.8) is 0 Å². The minimum Gasteiger partial charge on any atom is -0.314 e. The van der Waals surface area contributed by atoms with E-state index in [4.69, 9.17) is 0 Å². The van der Waals surface area contributed by atoms with Gasteiger partial charge < -0.3 is 5.32 Å². The second-order valence-corrected chi connectivity index (χ2v) is 4.58. The van der Waals surface area contributed by atoms with Crippen LogP contribution >= 0.6 is 0 Å². The summed E-state index contributed by atoms with van der Waals surface area (Å²) in [7, 11) is 0. The zero-order valence-electron chi connectivity index (χ0n) is 10.6. The van der Waals surface area contributed by atoms with E-state index in [1.165, 1.54) is 12.1 Å². The average molecular weight is 270 g/mol. The van der Waals surface area contributed by atoms with Gasteiger partial charge in [0, 0.05) is 32.7 Å². The molecule has 5 heteroatoms. The normalized spacial score (nSPS) is 18.1. The van der Waals surface area contributed by atoms with E-state index in [-0.39, 0.29) is 0 Å². The molecule has 1 heterocycles. The molecule has 0 bridgehead atoms. The number of halogens is 3. The molecule has 104 valence electrons. The Morgan fingerprint density at radius 3 is 2.63 bits per heavy atom. The second-order valence-electron chi connectivity index (χ2n) is 4.58. The predicted molar refractivity (Wildman–Crippen MR) is 69.8 cm³/mol. The van der Waals surface area contributed by atoms with Gasteiger partial charge in [-0.15, -0.1) is 0 Å². The molecule has 1 aliphatic heterocycles. The number of nitrogens with zero attached hydrogens (tertiary/aromatic N) is 1. The summed E-state index contributed by atoms with van der Waals surface area (Å²) in [6, 6.07) is 5.39. The summed E-state index contributed by atoms with van der Waals surface area (Å²) in [6.07, 6.45) is -0.611. The van der Waals surface area contributed by atoms with Crippen molar-refractivity contribution in [2.45, 2.75) is 6.18 Å². The number of hydrogen-bond donors (Lipinski definition) is 1. The Bertz CT molecular complexity index is 435. The van der Waals surface area contributed by atoms with E-state index in [0.29, 0.717) is 5.56 Å². The highest BCUT2D eigenvalue weighted by Crippen LogP contribution is 2.29. The van der Waals surface area contributed by atoms with Gasteiger partial charge in [0.1, 0.15) is 0 Å². The van der Waals surface area contributed by atoms with Crippen LogP contribution in [0.4, 0.5) is 13.2 Å². The van der Waals surface area contributed by atoms with Gasteiger partial charge in [-0.25, -0.2) is 0 Å². The molecule has 19 heavy (non-hydrogen) atoms. The molecule has 2 nitrogen and oxygen atoms in total. The van der Waals surface area contributed by atoms with E-state index in [1.54, 1.807) is 12.1 Å². The van der Waals surface area contributed by atoms with Gasteiger partial charge in [-0.1, -0.05) is 24.3 Å². The third kappa shape index (κ3) is 4.36. The Hall–Kier alpha value is -1.33. The van der Waals surface area contributed by atoms with Crippen molar-refractivity contribution >= 4 is 6.08 Å². The molecule has 0 aromatic heterocycles. The first-order chi connectivity index (χ1) is 9.05. The van der Waals surface area contributed by atoms with Crippen molar-refractivity contribution < 1.29 is 13.2 Å². The van der Waals surface area contributed by atoms with Gasteiger partial charge in [0.25, 0.3) is 0 Å². The first-order valence-electron chi connectivity index (χ1n) is 6.32. The Balaban J connectivity index is 1.94. The van der Waals surface area contributed by atoms with Crippen molar-refractivity contribution in [1.29, 1.82) is 0 Å². The van der Waals surface area contributed by atoms with Crippen LogP contribution in [0.15, 0.2) is 30.3 Å². The summed E-state index contributed by atoms with van der Waals surface area (Å²) < 4.78 is 37.6. The van der Waals surface area contributed by atoms with Crippen LogP contribution in [-0.4, -0.2) is 37.6 Å². The Morgan fingerprint density at radius 2 is 1.95 bits per heavy atom. The highest BCUT2D eigenvalue weighted by atomic mass is 19.4. The maximum absolute atomic E-state index is 12.5. The minimum absolute atomic E-state index is 0.588. The van der Waals surface area contributed by atoms with Crippen molar-refractivity contribution in [1.82, 2.24) is 10.2 Å². The summed E-state index contributed by atoms with van der Waals surface area (Å²) in [4.78, 5) is 2.26. The molecule has 0 saturated carbocycles. The summed E-state index contributed by atoms with van der Waals surface area (Å²) in [6.45, 7) is 4.67. The maximum Gasteiger partial charge on any atom is 0.416 e. The van der Waals surface area contributed by atoms with Gasteiger partial charge in [-0.2, -0.15) is 13.2 Å². The topological polar surface area (TPSA) is 15.3 Å². The molecule has 0 radical (unpaired) electrons. The van der Waals surface area contributed by atoms with Crippen LogP contribution < -0.4 is 5.32 Å². The molecule has 0 amide bonds. The minimum atomic E-state index is -4.28. The molecule has 2 rings (SSSR count). The fourth-order valence-corrected chi connectivity index (χ4v) is 2.05. The first kappa shape index (κ1) is 14.1. The third-order valence-corrected chi connectivity index (χ3v) is 3.10. The van der Waals surface area contributed by atoms with Crippen molar-refractivity contribution in [3.05, 3.63) is 41.5 Å². The SMILES string of the molecule is FC(F)(F)c1cccc(/C=C\CN2CCNCC2)c1. The van der Waals surface area contributed by atoms with Crippen LogP contribution in [0.3, 0.4) is 0 Å². The van der Waals surface area contributed by atoms with Gasteiger partial charge in [-0.05, 0) is 17.7 Å². The zero-order valence-corrected chi connectivity index (χ0v) is 10.6. The highest BCUT2D eigenvalue weighted by Gasteiger charge is 2.30. The van der Waals surface area contributed by atoms with Gasteiger partial charge in [0.2, 0.25) is 0 Å². The van der Waals surface area contributed by atoms with E-state index in [1.807, 2.05) is 6.08 Å². The summed E-state index contributed by atoms with van der Waals surface area (Å²) in [5, 5.41) is 3.26. The van der Waals surface area contributed by atoms with E-state index in [0.717, 1.165) is 38.8 Å². The molecule has 0 atom stereocenters. The average Bonchev–Trinajstić information content (AvgIpc) is 2.39. The van der Waals surface area contributed by atoms with Gasteiger partial charge in [-0.3, -0.25) is 4.90 Å². The number of nitrogens with one attached hydrogen (secondary N) is 1. The molecule has 1 saturated heterocycles. The molecule has 1 aromatic carbocycles. The van der Waals surface area contributed by atoms with Crippen LogP contribution in [0.25, 0.3) is 6.08 Å². The summed E-state index contributed by atoms with van der Waals surface area (Å²) in [5.41, 5.74) is -0.0122. The van der Waals surface area contributed by atoms with Crippen LogP contribution in [0.1, 0.15) is 11.1 Å². The highest BCUT2D eigenvalue weighted by molar-refractivity contribution is 5.50. The predicted octanol–water partition coefficient (Wildman–Crippen LogP) is 2.62. The Labute approximate surface area is 110 Å². The third-order valence-electron chi connectivity index (χ3n) is 3.10. The van der Waals surface area contributed by atoms with Crippen LogP contribution in [0.2, 0.25) is 0 Å². The number of hydrogen-bond acceptors (Lipinski definition) is 2. The molecule has 0 unspecified atom stereocenters. The standard InChI is InChI=1S/C14H17F3N2/c15-14(16,17)13-5-1-3-12(11-13)4-2-8-19-9-6-18-7-10-19/h1-5,11,18H,6-10H2/b4-2-. The fraction of sp³-hybridized carbons (Fsp3) is 0.429. The van der Waals surface area contributed by atoms with E-state index in [9.17, 15) is 13.2 Å². The lowest BCUT2D eigenvalue weighted by Crippen LogP contribution is -2.43. The van der Waals surface area contributed by atoms with Gasteiger partial charge in [0.05, 0.1) is 5.56 Å². The van der Waals surface area contributed by atoms with E-state index < -0.39 is 11.7 Å². The molecule has 1 aliphatic rings. The largest absolute Gasteiger partial charge is 0.416 e. The van der Waals surface area contributed by atoms with Crippen molar-refractivity contribution in [2.75, 3.05) is 32.7 Å². The van der Waals surface area contributed by atoms with Crippen LogP contribution in [0.5, 0.6) is 0 Å². The zero-order chi connectivity index (χ0) is 13.7. The number of benzene rings is 1. The molecule has 1 fully saturated rings. The Morgan fingerprint density at radius 1 is 1.21 bits per heavy atom. The monoisotopic (exact) mass is 270 g/mol. The molecule has 0 spiro atoms. The van der Waals surface area contributed by atoms with Crippen LogP contribution in [0, 0.1) is 0 Å². The summed E-state index contributed by atoms with van der Waals surface area (Å²) >= 11 is 0. The number of piperazine rings is 1. The smallest absolute Gasteiger partial charge is 0.314 e. The van der Waals surface area contributed by atoms with Crippen LogP contribution in [-0.2, 0) is 6.18 Å². The van der Waals surface area contributed by atoms with E-state index in [2.05, 4.69) is 10.2 Å².